The van der Waals surface area contributed by atoms with Gasteiger partial charge in [-0.05, 0) is 38.0 Å². The van der Waals surface area contributed by atoms with Crippen molar-refractivity contribution in [3.63, 3.8) is 0 Å². The van der Waals surface area contributed by atoms with E-state index in [4.69, 9.17) is 11.5 Å². The van der Waals surface area contributed by atoms with Crippen LogP contribution in [0.4, 0.5) is 4.79 Å². The maximum Gasteiger partial charge on any atom is 0.318 e. The molecule has 0 aliphatic carbocycles. The molecule has 0 saturated carbocycles. The second-order valence-corrected chi connectivity index (χ2v) is 6.19. The zero-order valence-corrected chi connectivity index (χ0v) is 12.5. The third kappa shape index (κ3) is 3.69. The smallest absolute Gasteiger partial charge is 0.318 e. The summed E-state index contributed by atoms with van der Waals surface area (Å²) in [6.45, 7) is 2.01. The van der Waals surface area contributed by atoms with Crippen molar-refractivity contribution < 1.29 is 14.7 Å². The average Bonchev–Trinajstić information content (AvgIpc) is 2.69. The number of piperidine rings is 1. The third-order valence-electron chi connectivity index (χ3n) is 4.71. The van der Waals surface area contributed by atoms with Crippen LogP contribution in [0.25, 0.3) is 0 Å². The normalized spacial score (nSPS) is 28.8. The monoisotopic (exact) mass is 292 g/mol. The summed E-state index contributed by atoms with van der Waals surface area (Å²) in [4.78, 5) is 25.3. The fourth-order valence-corrected chi connectivity index (χ4v) is 3.72. The van der Waals surface area contributed by atoms with Crippen LogP contribution in [-0.4, -0.2) is 40.1 Å². The Labute approximate surface area is 126 Å². The molecule has 3 unspecified atom stereocenters. The predicted molar refractivity (Wildman–Crippen MR) is 79.7 cm³/mol. The summed E-state index contributed by atoms with van der Waals surface area (Å²) >= 11 is 0. The minimum atomic E-state index is -0.739. The first kappa shape index (κ1) is 15.7. The van der Waals surface area contributed by atoms with Crippen LogP contribution in [0.3, 0.4) is 0 Å². The lowest BCUT2D eigenvalue weighted by Gasteiger charge is -2.39. The molecule has 2 N–H and O–H groups in total. The van der Waals surface area contributed by atoms with E-state index < -0.39 is 5.97 Å². The van der Waals surface area contributed by atoms with Crippen molar-refractivity contribution in [1.29, 1.82) is 0 Å². The summed E-state index contributed by atoms with van der Waals surface area (Å²) in [6, 6.07) is 0.380. The number of amides is 2. The molecule has 2 fully saturated rings. The van der Waals surface area contributed by atoms with Gasteiger partial charge >= 0.3 is 12.0 Å². The van der Waals surface area contributed by atoms with E-state index >= 15 is 0 Å². The molecule has 116 valence electrons. The number of carboxylic acid groups (broad SMARTS) is 1. The standard InChI is InChI=1S/C16H24N2O3/c1-3-5-12(4-2)17-16(21)18-13-6-7-14(18)9-11(8-13)10-15(19)20/h1,11-14H,4-10H2,2H3,(H,17,21)(H,19,20). The highest BCUT2D eigenvalue weighted by atomic mass is 16.4. The maximum atomic E-state index is 12.5. The summed E-state index contributed by atoms with van der Waals surface area (Å²) in [5.41, 5.74) is 0. The Morgan fingerprint density at radius 3 is 2.48 bits per heavy atom. The minimum Gasteiger partial charge on any atom is -0.481 e. The van der Waals surface area contributed by atoms with E-state index in [0.29, 0.717) is 6.42 Å². The number of carbonyl (C=O) groups is 2. The van der Waals surface area contributed by atoms with Crippen LogP contribution < -0.4 is 5.32 Å². The van der Waals surface area contributed by atoms with Crippen molar-refractivity contribution in [1.82, 2.24) is 10.2 Å². The van der Waals surface area contributed by atoms with Crippen molar-refractivity contribution in [2.24, 2.45) is 5.92 Å². The lowest BCUT2D eigenvalue weighted by Crippen LogP contribution is -2.53. The Morgan fingerprint density at radius 1 is 1.38 bits per heavy atom. The van der Waals surface area contributed by atoms with Gasteiger partial charge in [0.2, 0.25) is 0 Å². The number of rotatable bonds is 5. The highest BCUT2D eigenvalue weighted by Crippen LogP contribution is 2.39. The Kier molecular flexibility index (Phi) is 5.11. The first-order chi connectivity index (χ1) is 10.0. The molecule has 0 aromatic carbocycles. The van der Waals surface area contributed by atoms with E-state index in [-0.39, 0.29) is 36.5 Å². The number of hydrogen-bond donors (Lipinski definition) is 2. The number of carbonyl (C=O) groups excluding carboxylic acids is 1. The molecule has 21 heavy (non-hydrogen) atoms. The molecular formula is C16H24N2O3. The highest BCUT2D eigenvalue weighted by Gasteiger charge is 2.43. The number of fused-ring (bicyclic) bond motifs is 2. The SMILES string of the molecule is C#CCC(CC)NC(=O)N1C2CCC1CC(CC(=O)O)C2. The fraction of sp³-hybridized carbons (Fsp3) is 0.750. The van der Waals surface area contributed by atoms with Crippen molar-refractivity contribution in [3.05, 3.63) is 0 Å². The van der Waals surface area contributed by atoms with Gasteiger partial charge in [-0.25, -0.2) is 4.79 Å². The van der Waals surface area contributed by atoms with Gasteiger partial charge in [-0.2, -0.15) is 0 Å². The third-order valence-corrected chi connectivity index (χ3v) is 4.71. The second-order valence-electron chi connectivity index (χ2n) is 6.19. The Morgan fingerprint density at radius 2 is 2.00 bits per heavy atom. The van der Waals surface area contributed by atoms with Crippen LogP contribution in [0.15, 0.2) is 0 Å². The predicted octanol–water partition coefficient (Wildman–Crippen LogP) is 2.22. The molecule has 0 aromatic heterocycles. The molecular weight excluding hydrogens is 268 g/mol. The van der Waals surface area contributed by atoms with Gasteiger partial charge in [-0.3, -0.25) is 4.79 Å². The zero-order chi connectivity index (χ0) is 15.4. The number of nitrogens with one attached hydrogen (secondary N) is 1. The van der Waals surface area contributed by atoms with Crippen LogP contribution in [0.1, 0.15) is 51.9 Å². The van der Waals surface area contributed by atoms with Gasteiger partial charge in [-0.1, -0.05) is 6.92 Å². The van der Waals surface area contributed by atoms with Gasteiger partial charge in [0.1, 0.15) is 0 Å². The second kappa shape index (κ2) is 6.84. The lowest BCUT2D eigenvalue weighted by molar-refractivity contribution is -0.138. The number of hydrogen-bond acceptors (Lipinski definition) is 2. The van der Waals surface area contributed by atoms with Crippen LogP contribution in [0, 0.1) is 18.3 Å². The summed E-state index contributed by atoms with van der Waals surface area (Å²) in [6.07, 6.45) is 10.5. The molecule has 2 aliphatic heterocycles. The van der Waals surface area contributed by atoms with Crippen molar-refractivity contribution in [2.45, 2.75) is 70.0 Å². The molecule has 0 spiro atoms. The van der Waals surface area contributed by atoms with E-state index in [2.05, 4.69) is 11.2 Å². The molecule has 3 atom stereocenters. The molecule has 2 rings (SSSR count). The van der Waals surface area contributed by atoms with Gasteiger partial charge in [0.25, 0.3) is 0 Å². The number of urea groups is 1. The molecule has 0 aromatic rings. The van der Waals surface area contributed by atoms with Crippen molar-refractivity contribution in [3.8, 4) is 12.3 Å². The molecule has 5 nitrogen and oxygen atoms in total. The Balaban J connectivity index is 1.95. The van der Waals surface area contributed by atoms with E-state index in [9.17, 15) is 9.59 Å². The summed E-state index contributed by atoms with van der Waals surface area (Å²) in [5, 5.41) is 12.0. The van der Waals surface area contributed by atoms with Crippen LogP contribution in [0.5, 0.6) is 0 Å². The summed E-state index contributed by atoms with van der Waals surface area (Å²) in [7, 11) is 0. The van der Waals surface area contributed by atoms with Gasteiger partial charge in [0.15, 0.2) is 0 Å². The molecule has 2 bridgehead atoms. The number of carboxylic acids is 1. The fourth-order valence-electron chi connectivity index (χ4n) is 3.72. The van der Waals surface area contributed by atoms with Crippen LogP contribution in [0.2, 0.25) is 0 Å². The largest absolute Gasteiger partial charge is 0.481 e. The van der Waals surface area contributed by atoms with Gasteiger partial charge in [0, 0.05) is 31.0 Å². The van der Waals surface area contributed by atoms with E-state index in [1.807, 2.05) is 11.8 Å². The number of nitrogens with zero attached hydrogens (tertiary/aromatic N) is 1. The topological polar surface area (TPSA) is 69.6 Å². The highest BCUT2D eigenvalue weighted by molar-refractivity contribution is 5.76. The maximum absolute atomic E-state index is 12.5. The van der Waals surface area contributed by atoms with Crippen molar-refractivity contribution in [2.75, 3.05) is 0 Å². The number of terminal acetylenes is 1. The first-order valence-corrected chi connectivity index (χ1v) is 7.79. The van der Waals surface area contributed by atoms with E-state index in [0.717, 1.165) is 32.1 Å². The van der Waals surface area contributed by atoms with Gasteiger partial charge in [0.05, 0.1) is 0 Å². The Bertz CT molecular complexity index is 429. The first-order valence-electron chi connectivity index (χ1n) is 7.79. The summed E-state index contributed by atoms with van der Waals surface area (Å²) in [5.74, 6) is 2.06. The molecule has 5 heteroatoms. The summed E-state index contributed by atoms with van der Waals surface area (Å²) < 4.78 is 0. The molecule has 2 saturated heterocycles. The van der Waals surface area contributed by atoms with Gasteiger partial charge in [-0.15, -0.1) is 12.3 Å². The lowest BCUT2D eigenvalue weighted by atomic mass is 9.88. The Hall–Kier alpha value is -1.70. The molecule has 2 aliphatic rings. The van der Waals surface area contributed by atoms with Crippen LogP contribution in [-0.2, 0) is 4.79 Å². The minimum absolute atomic E-state index is 0.0265. The quantitative estimate of drug-likeness (QED) is 0.763. The average molecular weight is 292 g/mol. The van der Waals surface area contributed by atoms with Gasteiger partial charge < -0.3 is 15.3 Å². The van der Waals surface area contributed by atoms with E-state index in [1.54, 1.807) is 0 Å². The van der Waals surface area contributed by atoms with E-state index in [1.165, 1.54) is 0 Å². The zero-order valence-electron chi connectivity index (χ0n) is 12.5. The molecule has 2 amide bonds. The molecule has 2 heterocycles. The number of aliphatic carboxylic acids is 1. The van der Waals surface area contributed by atoms with Crippen LogP contribution >= 0.6 is 0 Å². The van der Waals surface area contributed by atoms with Crippen molar-refractivity contribution >= 4 is 12.0 Å². The molecule has 0 radical (unpaired) electrons.